The summed E-state index contributed by atoms with van der Waals surface area (Å²) >= 11 is 5.70. The van der Waals surface area contributed by atoms with Gasteiger partial charge in [0.15, 0.2) is 0 Å². The standard InChI is InChI=1S/C13H20ClN3O2S/c1-3-17-8-6-11(7-9-17)16(2)20(18,19)12-4-5-13(14)15-10-12/h4-5,10-11H,3,6-9H2,1-2H3. The molecule has 2 heterocycles. The van der Waals surface area contributed by atoms with Crippen LogP contribution in [0, 0.1) is 0 Å². The number of hydrogen-bond acceptors (Lipinski definition) is 4. The van der Waals surface area contributed by atoms with Gasteiger partial charge in [0.05, 0.1) is 0 Å². The highest BCUT2D eigenvalue weighted by atomic mass is 35.5. The third-order valence-corrected chi connectivity index (χ3v) is 6.01. The summed E-state index contributed by atoms with van der Waals surface area (Å²) in [6.45, 7) is 5.03. The first-order valence-corrected chi connectivity index (χ1v) is 8.59. The van der Waals surface area contributed by atoms with E-state index in [-0.39, 0.29) is 10.9 Å². The van der Waals surface area contributed by atoms with Crippen molar-refractivity contribution in [3.05, 3.63) is 23.5 Å². The van der Waals surface area contributed by atoms with Crippen LogP contribution < -0.4 is 0 Å². The van der Waals surface area contributed by atoms with Crippen LogP contribution in [0.4, 0.5) is 0 Å². The average molecular weight is 318 g/mol. The molecule has 0 aliphatic carbocycles. The molecule has 0 N–H and O–H groups in total. The largest absolute Gasteiger partial charge is 0.303 e. The maximum atomic E-state index is 12.5. The van der Waals surface area contributed by atoms with Crippen LogP contribution in [-0.2, 0) is 10.0 Å². The Kier molecular flexibility index (Phi) is 5.01. The molecule has 0 aromatic carbocycles. The molecule has 1 saturated heterocycles. The molecule has 5 nitrogen and oxygen atoms in total. The smallest absolute Gasteiger partial charge is 0.244 e. The van der Waals surface area contributed by atoms with E-state index in [1.807, 2.05) is 0 Å². The molecular formula is C13H20ClN3O2S. The van der Waals surface area contributed by atoms with Gasteiger partial charge >= 0.3 is 0 Å². The van der Waals surface area contributed by atoms with Crippen molar-refractivity contribution in [3.8, 4) is 0 Å². The number of sulfonamides is 1. The molecule has 1 aliphatic rings. The Balaban J connectivity index is 2.11. The number of hydrogen-bond donors (Lipinski definition) is 0. The lowest BCUT2D eigenvalue weighted by molar-refractivity contribution is 0.176. The molecule has 1 aromatic rings. The van der Waals surface area contributed by atoms with Gasteiger partial charge in [-0.2, -0.15) is 4.31 Å². The summed E-state index contributed by atoms with van der Waals surface area (Å²) in [6, 6.07) is 3.06. The molecule has 1 fully saturated rings. The zero-order valence-electron chi connectivity index (χ0n) is 11.8. The van der Waals surface area contributed by atoms with Gasteiger partial charge in [-0.15, -0.1) is 0 Å². The number of piperidine rings is 1. The first kappa shape index (κ1) is 15.7. The predicted octanol–water partition coefficient (Wildman–Crippen LogP) is 1.84. The Morgan fingerprint density at radius 3 is 2.55 bits per heavy atom. The van der Waals surface area contributed by atoms with Gasteiger partial charge in [0.1, 0.15) is 10.0 Å². The van der Waals surface area contributed by atoms with Crippen molar-refractivity contribution in [2.24, 2.45) is 0 Å². The molecule has 0 saturated carbocycles. The van der Waals surface area contributed by atoms with Crippen molar-refractivity contribution in [2.45, 2.75) is 30.7 Å². The summed E-state index contributed by atoms with van der Waals surface area (Å²) in [6.07, 6.45) is 3.05. The van der Waals surface area contributed by atoms with E-state index in [1.165, 1.54) is 22.6 Å². The highest BCUT2D eigenvalue weighted by Crippen LogP contribution is 2.22. The van der Waals surface area contributed by atoms with E-state index in [9.17, 15) is 8.42 Å². The third kappa shape index (κ3) is 3.31. The fourth-order valence-corrected chi connectivity index (χ4v) is 3.95. The van der Waals surface area contributed by atoms with E-state index in [4.69, 9.17) is 11.6 Å². The second kappa shape index (κ2) is 6.39. The molecule has 2 rings (SSSR count). The summed E-state index contributed by atoms with van der Waals surface area (Å²) in [4.78, 5) is 6.38. The van der Waals surface area contributed by atoms with E-state index in [0.29, 0.717) is 5.15 Å². The molecule has 20 heavy (non-hydrogen) atoms. The molecule has 0 radical (unpaired) electrons. The Bertz CT molecular complexity index is 539. The summed E-state index contributed by atoms with van der Waals surface area (Å²) in [7, 11) is -1.84. The first-order valence-electron chi connectivity index (χ1n) is 6.77. The fourth-order valence-electron chi connectivity index (χ4n) is 2.48. The lowest BCUT2D eigenvalue weighted by atomic mass is 10.1. The number of halogens is 1. The molecule has 1 aliphatic heterocycles. The van der Waals surface area contributed by atoms with Crippen molar-refractivity contribution < 1.29 is 8.42 Å². The number of likely N-dealkylation sites (tertiary alicyclic amines) is 1. The number of aromatic nitrogens is 1. The summed E-state index contributed by atoms with van der Waals surface area (Å²) < 4.78 is 26.5. The summed E-state index contributed by atoms with van der Waals surface area (Å²) in [5.41, 5.74) is 0. The van der Waals surface area contributed by atoms with Crippen molar-refractivity contribution in [1.29, 1.82) is 0 Å². The Morgan fingerprint density at radius 1 is 1.40 bits per heavy atom. The van der Waals surface area contributed by atoms with E-state index in [1.54, 1.807) is 7.05 Å². The van der Waals surface area contributed by atoms with Crippen LogP contribution in [0.3, 0.4) is 0 Å². The second-order valence-corrected chi connectivity index (χ2v) is 7.39. The van der Waals surface area contributed by atoms with Crippen molar-refractivity contribution in [2.75, 3.05) is 26.7 Å². The predicted molar refractivity (Wildman–Crippen MR) is 79.3 cm³/mol. The lowest BCUT2D eigenvalue weighted by Gasteiger charge is -2.35. The molecule has 7 heteroatoms. The Hall–Kier alpha value is -0.690. The number of rotatable bonds is 4. The fraction of sp³-hybridized carbons (Fsp3) is 0.615. The van der Waals surface area contributed by atoms with E-state index in [2.05, 4.69) is 16.8 Å². The monoisotopic (exact) mass is 317 g/mol. The zero-order chi connectivity index (χ0) is 14.8. The molecule has 0 amide bonds. The van der Waals surface area contributed by atoms with Crippen LogP contribution in [0.1, 0.15) is 19.8 Å². The average Bonchev–Trinajstić information content (AvgIpc) is 2.47. The molecule has 112 valence electrons. The van der Waals surface area contributed by atoms with Gasteiger partial charge in [0.25, 0.3) is 0 Å². The third-order valence-electron chi connectivity index (χ3n) is 3.90. The highest BCUT2D eigenvalue weighted by Gasteiger charge is 2.30. The van der Waals surface area contributed by atoms with Crippen LogP contribution >= 0.6 is 11.6 Å². The maximum Gasteiger partial charge on any atom is 0.244 e. The van der Waals surface area contributed by atoms with Gasteiger partial charge in [-0.3, -0.25) is 0 Å². The minimum absolute atomic E-state index is 0.0541. The van der Waals surface area contributed by atoms with E-state index in [0.717, 1.165) is 32.5 Å². The van der Waals surface area contributed by atoms with Crippen LogP contribution in [0.5, 0.6) is 0 Å². The normalized spacial score (nSPS) is 18.6. The van der Waals surface area contributed by atoms with E-state index < -0.39 is 10.0 Å². The van der Waals surface area contributed by atoms with Gasteiger partial charge in [-0.05, 0) is 44.6 Å². The van der Waals surface area contributed by atoms with Crippen LogP contribution in [0.25, 0.3) is 0 Å². The van der Waals surface area contributed by atoms with Crippen molar-refractivity contribution >= 4 is 21.6 Å². The quantitative estimate of drug-likeness (QED) is 0.795. The minimum atomic E-state index is -3.49. The lowest BCUT2D eigenvalue weighted by Crippen LogP contribution is -2.45. The molecular weight excluding hydrogens is 298 g/mol. The molecule has 1 aromatic heterocycles. The minimum Gasteiger partial charge on any atom is -0.303 e. The van der Waals surface area contributed by atoms with Crippen LogP contribution in [0.15, 0.2) is 23.2 Å². The summed E-state index contributed by atoms with van der Waals surface area (Å²) in [5, 5.41) is 0.294. The molecule has 0 atom stereocenters. The van der Waals surface area contributed by atoms with Crippen LogP contribution in [-0.4, -0.2) is 55.3 Å². The van der Waals surface area contributed by atoms with Gasteiger partial charge in [-0.25, -0.2) is 13.4 Å². The van der Waals surface area contributed by atoms with Crippen molar-refractivity contribution in [1.82, 2.24) is 14.2 Å². The summed E-state index contributed by atoms with van der Waals surface area (Å²) in [5.74, 6) is 0. The first-order chi connectivity index (χ1) is 9.45. The van der Waals surface area contributed by atoms with Gasteiger partial charge in [0.2, 0.25) is 10.0 Å². The van der Waals surface area contributed by atoms with Crippen LogP contribution in [0.2, 0.25) is 5.15 Å². The maximum absolute atomic E-state index is 12.5. The SMILES string of the molecule is CCN1CCC(N(C)S(=O)(=O)c2ccc(Cl)nc2)CC1. The van der Waals surface area contributed by atoms with Gasteiger partial charge in [0, 0.05) is 19.3 Å². The Labute approximate surface area is 125 Å². The van der Waals surface area contributed by atoms with Gasteiger partial charge in [-0.1, -0.05) is 18.5 Å². The molecule has 0 spiro atoms. The van der Waals surface area contributed by atoms with E-state index >= 15 is 0 Å². The van der Waals surface area contributed by atoms with Crippen molar-refractivity contribution in [3.63, 3.8) is 0 Å². The topological polar surface area (TPSA) is 53.5 Å². The molecule has 0 bridgehead atoms. The Morgan fingerprint density at radius 2 is 2.05 bits per heavy atom. The number of nitrogens with zero attached hydrogens (tertiary/aromatic N) is 3. The zero-order valence-corrected chi connectivity index (χ0v) is 13.4. The number of pyridine rings is 1. The van der Waals surface area contributed by atoms with Gasteiger partial charge < -0.3 is 4.90 Å². The molecule has 0 unspecified atom stereocenters. The highest BCUT2D eigenvalue weighted by molar-refractivity contribution is 7.89. The second-order valence-electron chi connectivity index (χ2n) is 5.00.